The number of amides is 2. The maximum Gasteiger partial charge on any atom is 0.450 e. The first-order chi connectivity index (χ1) is 34.9. The molecule has 0 aliphatic carbocycles. The number of carbonyl (C=O) groups excluding carboxylic acids is 1. The van der Waals surface area contributed by atoms with Crippen LogP contribution < -0.4 is 36.2 Å². The molecule has 0 bridgehead atoms. The Kier molecular flexibility index (Phi) is 16.9. The second kappa shape index (κ2) is 24.0. The van der Waals surface area contributed by atoms with Gasteiger partial charge in [-0.1, -0.05) is 146 Å². The molecule has 0 atom stereocenters. The van der Waals surface area contributed by atoms with Crippen molar-refractivity contribution in [3.05, 3.63) is 243 Å². The van der Waals surface area contributed by atoms with Gasteiger partial charge in [0.25, 0.3) is 0 Å². The van der Waals surface area contributed by atoms with Crippen molar-refractivity contribution in [1.29, 1.82) is 0 Å². The number of hydrogen-bond donors (Lipinski definition) is 0. The van der Waals surface area contributed by atoms with Crippen LogP contribution >= 0.6 is 30.4 Å². The van der Waals surface area contributed by atoms with Crippen molar-refractivity contribution in [2.45, 2.75) is 0 Å². The van der Waals surface area contributed by atoms with Crippen molar-refractivity contribution in [3.8, 4) is 46.0 Å². The highest BCUT2D eigenvalue weighted by Gasteiger charge is 2.46. The molecule has 19 heteroatoms. The Morgan fingerprint density at radius 1 is 0.250 bits per heavy atom. The van der Waals surface area contributed by atoms with Gasteiger partial charge in [0.1, 0.15) is 71.1 Å². The summed E-state index contributed by atoms with van der Waals surface area (Å²) >= 11 is 0. The SMILES string of the molecule is O=C(N(CP(=O)(Oc1ccccc1)Oc1ccccc1)CP(=O)(Oc1ccccc1)Oc1ccccc1)N(CP(=O)(Oc1ccccc1)Oc1ccccc1)CP(=O)(Oc1ccccc1)Oc1ccccc1. The molecule has 2 amide bonds. The van der Waals surface area contributed by atoms with Crippen molar-refractivity contribution in [3.63, 3.8) is 0 Å². The van der Waals surface area contributed by atoms with Gasteiger partial charge in [0.2, 0.25) is 0 Å². The zero-order chi connectivity index (χ0) is 50.1. The van der Waals surface area contributed by atoms with E-state index in [4.69, 9.17) is 36.2 Å². The molecule has 0 spiro atoms. The van der Waals surface area contributed by atoms with E-state index in [0.29, 0.717) is 0 Å². The van der Waals surface area contributed by atoms with E-state index < -0.39 is 61.6 Å². The summed E-state index contributed by atoms with van der Waals surface area (Å²) in [6.45, 7) is 0. The van der Waals surface area contributed by atoms with E-state index in [9.17, 15) is 0 Å². The summed E-state index contributed by atoms with van der Waals surface area (Å²) in [6.07, 6.45) is -3.89. The van der Waals surface area contributed by atoms with Gasteiger partial charge in [-0.25, -0.2) is 23.1 Å². The van der Waals surface area contributed by atoms with Crippen LogP contribution in [-0.4, -0.2) is 41.0 Å². The van der Waals surface area contributed by atoms with Crippen LogP contribution in [0.5, 0.6) is 46.0 Å². The standard InChI is InChI=1S/C53H48N2O13P4/c56-53(54(41-69(57,61-45-25-9-1-10-26-45)62-46-27-11-2-12-28-46)42-70(58,63-47-29-13-3-14-30-47)64-48-31-15-4-16-32-48)55(43-71(59,65-49-33-17-5-18-34-49)66-50-35-19-6-20-36-50)44-72(60,67-51-37-21-7-22-38-51)68-52-39-23-8-24-40-52/h1-40H,41-44H2. The molecule has 0 fully saturated rings. The molecular weight excluding hydrogens is 996 g/mol. The fraction of sp³-hybridized carbons (Fsp3) is 0.0755. The number of nitrogens with zero attached hydrogens (tertiary/aromatic N) is 2. The summed E-state index contributed by atoms with van der Waals surface area (Å²) < 4.78 is 112. The third-order valence-corrected chi connectivity index (χ3v) is 16.5. The first-order valence-electron chi connectivity index (χ1n) is 22.3. The highest BCUT2D eigenvalue weighted by molar-refractivity contribution is 7.56. The maximum atomic E-state index is 16.1. The van der Waals surface area contributed by atoms with Gasteiger partial charge < -0.3 is 36.2 Å². The van der Waals surface area contributed by atoms with Crippen LogP contribution in [0.4, 0.5) is 4.79 Å². The highest BCUT2D eigenvalue weighted by Crippen LogP contribution is 2.57. The third-order valence-electron chi connectivity index (χ3n) is 9.82. The van der Waals surface area contributed by atoms with Crippen molar-refractivity contribution >= 4 is 36.4 Å². The Labute approximate surface area is 417 Å². The molecule has 0 aromatic heterocycles. The molecule has 0 heterocycles. The number of urea groups is 1. The third kappa shape index (κ3) is 15.2. The summed E-state index contributed by atoms with van der Waals surface area (Å²) in [5.74, 6) is 0.773. The van der Waals surface area contributed by atoms with Crippen LogP contribution in [0.2, 0.25) is 0 Å². The van der Waals surface area contributed by atoms with Crippen LogP contribution in [0, 0.1) is 0 Å². The summed E-state index contributed by atoms with van der Waals surface area (Å²) in [4.78, 5) is 17.8. The fourth-order valence-electron chi connectivity index (χ4n) is 6.81. The average Bonchev–Trinajstić information content (AvgIpc) is 3.38. The molecule has 0 aliphatic rings. The first kappa shape index (κ1) is 50.7. The molecule has 0 N–H and O–H groups in total. The minimum absolute atomic E-state index is 0.0966. The van der Waals surface area contributed by atoms with E-state index in [1.54, 1.807) is 146 Å². The molecule has 0 unspecified atom stereocenters. The Morgan fingerprint density at radius 2 is 0.375 bits per heavy atom. The molecule has 8 aromatic carbocycles. The lowest BCUT2D eigenvalue weighted by molar-refractivity contribution is 0.169. The topological polar surface area (TPSA) is 166 Å². The van der Waals surface area contributed by atoms with Crippen LogP contribution in [-0.2, 0) is 18.3 Å². The lowest BCUT2D eigenvalue weighted by atomic mass is 10.3. The zero-order valence-electron chi connectivity index (χ0n) is 38.4. The Bertz CT molecular complexity index is 2540. The Hall–Kier alpha value is -7.65. The van der Waals surface area contributed by atoms with Crippen molar-refractivity contribution in [2.75, 3.05) is 25.1 Å². The number of carbonyl (C=O) groups is 1. The predicted octanol–water partition coefficient (Wildman–Crippen LogP) is 14.9. The number of rotatable bonds is 24. The van der Waals surface area contributed by atoms with E-state index in [0.717, 1.165) is 9.80 Å². The number of hydrogen-bond acceptors (Lipinski definition) is 13. The van der Waals surface area contributed by atoms with Crippen LogP contribution in [0.3, 0.4) is 0 Å². The molecular formula is C53H48N2O13P4. The first-order valence-corrected chi connectivity index (χ1v) is 29.2. The second-order valence-electron chi connectivity index (χ2n) is 15.6. The summed E-state index contributed by atoms with van der Waals surface area (Å²) in [5.41, 5.74) is 0. The minimum atomic E-state index is -4.70. The lowest BCUT2D eigenvalue weighted by Gasteiger charge is -2.35. The van der Waals surface area contributed by atoms with Gasteiger partial charge in [0.15, 0.2) is 0 Å². The predicted molar refractivity (Wildman–Crippen MR) is 276 cm³/mol. The van der Waals surface area contributed by atoms with Gasteiger partial charge in [0.05, 0.1) is 0 Å². The zero-order valence-corrected chi connectivity index (χ0v) is 42.0. The Balaban J connectivity index is 1.29. The summed E-state index contributed by atoms with van der Waals surface area (Å²) in [6, 6.07) is 63.6. The quantitative estimate of drug-likeness (QED) is 0.0525. The largest absolute Gasteiger partial charge is 0.450 e. The van der Waals surface area contributed by atoms with Gasteiger partial charge >= 0.3 is 36.4 Å². The average molecular weight is 1040 g/mol. The molecule has 368 valence electrons. The van der Waals surface area contributed by atoms with Gasteiger partial charge in [-0.15, -0.1) is 0 Å². The van der Waals surface area contributed by atoms with Crippen molar-refractivity contribution in [1.82, 2.24) is 9.80 Å². The Morgan fingerprint density at radius 3 is 0.500 bits per heavy atom. The number of benzene rings is 8. The molecule has 15 nitrogen and oxygen atoms in total. The molecule has 8 aromatic rings. The highest BCUT2D eigenvalue weighted by atomic mass is 31.2. The molecule has 0 saturated heterocycles. The normalized spacial score (nSPS) is 11.6. The molecule has 72 heavy (non-hydrogen) atoms. The van der Waals surface area contributed by atoms with E-state index in [1.165, 1.54) is 97.1 Å². The molecule has 0 radical (unpaired) electrons. The fourth-order valence-corrected chi connectivity index (χ4v) is 13.8. The summed E-state index contributed by atoms with van der Waals surface area (Å²) in [7, 11) is -18.8. The monoisotopic (exact) mass is 1040 g/mol. The lowest BCUT2D eigenvalue weighted by Crippen LogP contribution is -2.46. The van der Waals surface area contributed by atoms with E-state index in [1.807, 2.05) is 0 Å². The van der Waals surface area contributed by atoms with Crippen LogP contribution in [0.1, 0.15) is 0 Å². The van der Waals surface area contributed by atoms with Crippen molar-refractivity contribution < 1.29 is 59.2 Å². The number of para-hydroxylation sites is 8. The maximum absolute atomic E-state index is 16.1. The van der Waals surface area contributed by atoms with Crippen LogP contribution in [0.25, 0.3) is 0 Å². The molecule has 0 aliphatic heterocycles. The minimum Gasteiger partial charge on any atom is -0.415 e. The second-order valence-corrected chi connectivity index (χ2v) is 23.1. The van der Waals surface area contributed by atoms with Gasteiger partial charge in [0, 0.05) is 0 Å². The van der Waals surface area contributed by atoms with Gasteiger partial charge in [-0.2, -0.15) is 0 Å². The smallest absolute Gasteiger partial charge is 0.415 e. The van der Waals surface area contributed by atoms with E-state index in [2.05, 4.69) is 0 Å². The van der Waals surface area contributed by atoms with Crippen molar-refractivity contribution in [2.24, 2.45) is 0 Å². The van der Waals surface area contributed by atoms with Crippen LogP contribution in [0.15, 0.2) is 243 Å². The summed E-state index contributed by atoms with van der Waals surface area (Å²) in [5, 5.41) is 0. The molecule has 8 rings (SSSR count). The van der Waals surface area contributed by atoms with E-state index in [-0.39, 0.29) is 46.0 Å². The van der Waals surface area contributed by atoms with E-state index >= 15 is 23.1 Å². The van der Waals surface area contributed by atoms with Gasteiger partial charge in [-0.3, -0.25) is 9.80 Å². The molecule has 0 saturated carbocycles. The van der Waals surface area contributed by atoms with Gasteiger partial charge in [-0.05, 0) is 97.1 Å².